The van der Waals surface area contributed by atoms with E-state index in [2.05, 4.69) is 5.32 Å². The van der Waals surface area contributed by atoms with E-state index in [1.54, 1.807) is 12.1 Å². The van der Waals surface area contributed by atoms with E-state index >= 15 is 0 Å². The van der Waals surface area contributed by atoms with E-state index in [-0.39, 0.29) is 24.4 Å². The normalized spacial score (nSPS) is 11.9. The smallest absolute Gasteiger partial charge is 0.233 e. The molecule has 0 aliphatic rings. The van der Waals surface area contributed by atoms with Crippen LogP contribution in [0.25, 0.3) is 0 Å². The zero-order valence-electron chi connectivity index (χ0n) is 9.78. The summed E-state index contributed by atoms with van der Waals surface area (Å²) in [5, 5.41) is 2.64. The van der Waals surface area contributed by atoms with Gasteiger partial charge in [-0.15, -0.1) is 0 Å². The fourth-order valence-electron chi connectivity index (χ4n) is 1.30. The van der Waals surface area contributed by atoms with Crippen molar-refractivity contribution in [2.24, 2.45) is 5.73 Å². The molecule has 0 fully saturated rings. The number of halogens is 1. The molecule has 0 radical (unpaired) electrons. The summed E-state index contributed by atoms with van der Waals surface area (Å²) in [7, 11) is 0. The number of benzene rings is 1. The third-order valence-corrected chi connectivity index (χ3v) is 2.27. The van der Waals surface area contributed by atoms with Crippen molar-refractivity contribution in [3.63, 3.8) is 0 Å². The minimum atomic E-state index is -0.344. The summed E-state index contributed by atoms with van der Waals surface area (Å²) in [6, 6.07) is 5.92. The van der Waals surface area contributed by atoms with Gasteiger partial charge in [-0.25, -0.2) is 4.39 Å². The van der Waals surface area contributed by atoms with Crippen LogP contribution in [-0.4, -0.2) is 25.1 Å². The van der Waals surface area contributed by atoms with Crippen molar-refractivity contribution < 1.29 is 13.9 Å². The Morgan fingerprint density at radius 1 is 1.59 bits per heavy atom. The summed E-state index contributed by atoms with van der Waals surface area (Å²) in [6.45, 7) is 2.25. The van der Waals surface area contributed by atoms with Crippen molar-refractivity contribution in [1.82, 2.24) is 5.32 Å². The van der Waals surface area contributed by atoms with Crippen LogP contribution >= 0.6 is 0 Å². The van der Waals surface area contributed by atoms with Crippen molar-refractivity contribution >= 4 is 5.91 Å². The third-order valence-electron chi connectivity index (χ3n) is 2.27. The van der Waals surface area contributed by atoms with Crippen LogP contribution in [0.15, 0.2) is 24.3 Å². The highest BCUT2D eigenvalue weighted by Crippen LogP contribution is 2.14. The van der Waals surface area contributed by atoms with E-state index in [4.69, 9.17) is 10.5 Å². The molecule has 1 rings (SSSR count). The molecule has 4 nitrogen and oxygen atoms in total. The molecule has 17 heavy (non-hydrogen) atoms. The highest BCUT2D eigenvalue weighted by Gasteiger charge is 2.09. The molecule has 0 aliphatic carbocycles. The molecule has 1 atom stereocenters. The van der Waals surface area contributed by atoms with E-state index in [1.165, 1.54) is 12.1 Å². The Morgan fingerprint density at radius 3 is 2.94 bits per heavy atom. The number of hydrogen-bond donors (Lipinski definition) is 2. The van der Waals surface area contributed by atoms with Gasteiger partial charge in [-0.05, 0) is 18.6 Å². The number of nitrogens with two attached hydrogens (primary N) is 1. The first kappa shape index (κ1) is 13.4. The molecule has 0 aliphatic heterocycles. The highest BCUT2D eigenvalue weighted by atomic mass is 19.1. The standard InChI is InChI=1S/C12H17FN2O2/c1-2-10(8-15-12(16)7-14)17-11-5-3-4-9(13)6-11/h3-6,10H,2,7-8,14H2,1H3,(H,15,16). The van der Waals surface area contributed by atoms with Crippen molar-refractivity contribution in [1.29, 1.82) is 0 Å². The largest absolute Gasteiger partial charge is 0.489 e. The van der Waals surface area contributed by atoms with E-state index in [9.17, 15) is 9.18 Å². The van der Waals surface area contributed by atoms with Crippen molar-refractivity contribution in [2.45, 2.75) is 19.4 Å². The molecule has 5 heteroatoms. The van der Waals surface area contributed by atoms with E-state index in [0.29, 0.717) is 18.7 Å². The average molecular weight is 240 g/mol. The fraction of sp³-hybridized carbons (Fsp3) is 0.417. The summed E-state index contributed by atoms with van der Waals surface area (Å²) >= 11 is 0. The number of hydrogen-bond acceptors (Lipinski definition) is 3. The molecule has 1 amide bonds. The van der Waals surface area contributed by atoms with Crippen LogP contribution in [0.2, 0.25) is 0 Å². The topological polar surface area (TPSA) is 64.4 Å². The van der Waals surface area contributed by atoms with Gasteiger partial charge in [0.05, 0.1) is 13.1 Å². The van der Waals surface area contributed by atoms with Gasteiger partial charge >= 0.3 is 0 Å². The van der Waals surface area contributed by atoms with Gasteiger partial charge in [0.15, 0.2) is 0 Å². The summed E-state index contributed by atoms with van der Waals surface area (Å²) in [6.07, 6.45) is 0.522. The molecule has 3 N–H and O–H groups in total. The van der Waals surface area contributed by atoms with Crippen LogP contribution in [0, 0.1) is 5.82 Å². The molecule has 94 valence electrons. The van der Waals surface area contributed by atoms with Gasteiger partial charge < -0.3 is 15.8 Å². The van der Waals surface area contributed by atoms with Crippen LogP contribution in [0.4, 0.5) is 4.39 Å². The molecule has 0 saturated carbocycles. The van der Waals surface area contributed by atoms with Crippen LogP contribution in [0.1, 0.15) is 13.3 Å². The second-order valence-corrected chi connectivity index (χ2v) is 3.61. The van der Waals surface area contributed by atoms with Gasteiger partial charge in [0.1, 0.15) is 17.7 Å². The molecular formula is C12H17FN2O2. The lowest BCUT2D eigenvalue weighted by molar-refractivity contribution is -0.120. The van der Waals surface area contributed by atoms with E-state index < -0.39 is 0 Å². The lowest BCUT2D eigenvalue weighted by Crippen LogP contribution is -2.38. The number of amides is 1. The summed E-state index contributed by atoms with van der Waals surface area (Å²) in [4.78, 5) is 11.0. The molecule has 0 bridgehead atoms. The molecule has 0 spiro atoms. The zero-order valence-corrected chi connectivity index (χ0v) is 9.78. The maximum Gasteiger partial charge on any atom is 0.233 e. The molecule has 0 saturated heterocycles. The zero-order chi connectivity index (χ0) is 12.7. The molecule has 1 aromatic rings. The first-order valence-corrected chi connectivity index (χ1v) is 5.54. The van der Waals surface area contributed by atoms with Gasteiger partial charge in [0, 0.05) is 6.07 Å². The maximum atomic E-state index is 12.9. The van der Waals surface area contributed by atoms with Crippen molar-refractivity contribution in [3.8, 4) is 5.75 Å². The minimum Gasteiger partial charge on any atom is -0.489 e. The maximum absolute atomic E-state index is 12.9. The first-order chi connectivity index (χ1) is 8.15. The Hall–Kier alpha value is -1.62. The van der Waals surface area contributed by atoms with Crippen molar-refractivity contribution in [3.05, 3.63) is 30.1 Å². The molecule has 1 unspecified atom stereocenters. The molecular weight excluding hydrogens is 223 g/mol. The lowest BCUT2D eigenvalue weighted by Gasteiger charge is -2.18. The summed E-state index contributed by atoms with van der Waals surface area (Å²) in [5.74, 6) is -0.117. The van der Waals surface area contributed by atoms with E-state index in [1.807, 2.05) is 6.92 Å². The highest BCUT2D eigenvalue weighted by molar-refractivity contribution is 5.77. The average Bonchev–Trinajstić information content (AvgIpc) is 2.34. The Bertz CT molecular complexity index is 371. The van der Waals surface area contributed by atoms with Crippen LogP contribution < -0.4 is 15.8 Å². The Morgan fingerprint density at radius 2 is 2.35 bits per heavy atom. The van der Waals surface area contributed by atoms with Crippen LogP contribution in [0.3, 0.4) is 0 Å². The Labute approximate surface area is 100.0 Å². The molecule has 0 heterocycles. The quantitative estimate of drug-likeness (QED) is 0.781. The molecule has 0 aromatic heterocycles. The predicted octanol–water partition coefficient (Wildman–Crippen LogP) is 1.06. The van der Waals surface area contributed by atoms with Gasteiger partial charge in [-0.3, -0.25) is 4.79 Å². The second kappa shape index (κ2) is 6.85. The minimum absolute atomic E-state index is 0.0452. The number of carbonyl (C=O) groups is 1. The summed E-state index contributed by atoms with van der Waals surface area (Å²) < 4.78 is 18.5. The third kappa shape index (κ3) is 4.82. The van der Waals surface area contributed by atoms with Gasteiger partial charge in [0.25, 0.3) is 0 Å². The van der Waals surface area contributed by atoms with Crippen LogP contribution in [-0.2, 0) is 4.79 Å². The second-order valence-electron chi connectivity index (χ2n) is 3.61. The SMILES string of the molecule is CCC(CNC(=O)CN)Oc1cccc(F)c1. The fourth-order valence-corrected chi connectivity index (χ4v) is 1.30. The predicted molar refractivity (Wildman–Crippen MR) is 63.2 cm³/mol. The van der Waals surface area contributed by atoms with Crippen LogP contribution in [0.5, 0.6) is 5.75 Å². The Kier molecular flexibility index (Phi) is 5.42. The van der Waals surface area contributed by atoms with Gasteiger partial charge in [-0.1, -0.05) is 13.0 Å². The van der Waals surface area contributed by atoms with Gasteiger partial charge in [0.2, 0.25) is 5.91 Å². The number of nitrogens with one attached hydrogen (secondary N) is 1. The number of ether oxygens (including phenoxy) is 1. The summed E-state index contributed by atoms with van der Waals surface area (Å²) in [5.41, 5.74) is 5.17. The number of rotatable bonds is 6. The molecule has 1 aromatic carbocycles. The lowest BCUT2D eigenvalue weighted by atomic mass is 10.2. The monoisotopic (exact) mass is 240 g/mol. The first-order valence-electron chi connectivity index (χ1n) is 5.54. The van der Waals surface area contributed by atoms with E-state index in [0.717, 1.165) is 0 Å². The van der Waals surface area contributed by atoms with Gasteiger partial charge in [-0.2, -0.15) is 0 Å². The Balaban J connectivity index is 2.49. The van der Waals surface area contributed by atoms with Crippen molar-refractivity contribution in [2.75, 3.05) is 13.1 Å². The number of carbonyl (C=O) groups excluding carboxylic acids is 1.